The summed E-state index contributed by atoms with van der Waals surface area (Å²) in [6.45, 7) is 1.90. The van der Waals surface area contributed by atoms with Gasteiger partial charge in [0.15, 0.2) is 5.13 Å². The van der Waals surface area contributed by atoms with Gasteiger partial charge in [0, 0.05) is 24.4 Å². The zero-order chi connectivity index (χ0) is 19.4. The lowest BCUT2D eigenvalue weighted by molar-refractivity contribution is -0.119. The molecule has 1 aromatic heterocycles. The molecule has 0 fully saturated rings. The number of nitrogens with zero attached hydrogens (tertiary/aromatic N) is 1. The smallest absolute Gasteiger partial charge is 0.263 e. The number of aromatic nitrogens is 1. The number of nitrogens with one attached hydrogen (secondary N) is 2. The van der Waals surface area contributed by atoms with Gasteiger partial charge in [-0.05, 0) is 29.8 Å². The molecule has 0 radical (unpaired) electrons. The van der Waals surface area contributed by atoms with E-state index in [-0.39, 0.29) is 15.9 Å². The van der Waals surface area contributed by atoms with Gasteiger partial charge in [0.2, 0.25) is 5.91 Å². The molecule has 0 aliphatic rings. The number of carbonyl (C=O) groups excluding carboxylic acids is 1. The Kier molecular flexibility index (Phi) is 5.52. The number of rotatable bonds is 6. The number of hydrogen-bond acceptors (Lipinski definition) is 5. The zero-order valence-corrected chi connectivity index (χ0v) is 15.9. The quantitative estimate of drug-likeness (QED) is 0.658. The number of halogens is 1. The van der Waals surface area contributed by atoms with Crippen LogP contribution in [0.3, 0.4) is 0 Å². The van der Waals surface area contributed by atoms with Gasteiger partial charge in [-0.3, -0.25) is 9.52 Å². The summed E-state index contributed by atoms with van der Waals surface area (Å²) in [5.41, 5.74) is 2.40. The molecule has 2 aromatic carbocycles. The van der Waals surface area contributed by atoms with Crippen LogP contribution in [0.1, 0.15) is 12.5 Å². The van der Waals surface area contributed by atoms with Gasteiger partial charge < -0.3 is 5.32 Å². The molecule has 27 heavy (non-hydrogen) atoms. The molecule has 140 valence electrons. The van der Waals surface area contributed by atoms with Crippen LogP contribution in [0.2, 0.25) is 0 Å². The van der Waals surface area contributed by atoms with E-state index in [0.29, 0.717) is 12.2 Å². The Morgan fingerprint density at radius 1 is 1.11 bits per heavy atom. The van der Waals surface area contributed by atoms with Crippen LogP contribution in [0.4, 0.5) is 9.52 Å². The second kappa shape index (κ2) is 7.85. The average molecular weight is 405 g/mol. The molecule has 3 aromatic rings. The summed E-state index contributed by atoms with van der Waals surface area (Å²) in [6.07, 6.45) is 0. The maximum Gasteiger partial charge on any atom is 0.263 e. The largest absolute Gasteiger partial charge is 0.352 e. The number of amides is 1. The summed E-state index contributed by atoms with van der Waals surface area (Å²) in [5.74, 6) is -0.607. The minimum Gasteiger partial charge on any atom is -0.352 e. The van der Waals surface area contributed by atoms with E-state index in [2.05, 4.69) is 15.0 Å². The van der Waals surface area contributed by atoms with Crippen molar-refractivity contribution in [3.63, 3.8) is 0 Å². The zero-order valence-electron chi connectivity index (χ0n) is 14.3. The van der Waals surface area contributed by atoms with Gasteiger partial charge in [-0.25, -0.2) is 17.8 Å². The van der Waals surface area contributed by atoms with Crippen LogP contribution in [0.5, 0.6) is 0 Å². The van der Waals surface area contributed by atoms with Crippen molar-refractivity contribution in [2.24, 2.45) is 0 Å². The summed E-state index contributed by atoms with van der Waals surface area (Å²) in [6, 6.07) is 12.0. The summed E-state index contributed by atoms with van der Waals surface area (Å²) >= 11 is 1.15. The van der Waals surface area contributed by atoms with Crippen LogP contribution in [0, 0.1) is 5.82 Å². The van der Waals surface area contributed by atoms with E-state index in [0.717, 1.165) is 34.6 Å². The normalized spacial score (nSPS) is 11.2. The highest BCUT2D eigenvalue weighted by molar-refractivity contribution is 7.93. The van der Waals surface area contributed by atoms with Crippen molar-refractivity contribution >= 4 is 32.4 Å². The highest BCUT2D eigenvalue weighted by Crippen LogP contribution is 2.27. The van der Waals surface area contributed by atoms with Crippen LogP contribution in [0.25, 0.3) is 11.3 Å². The van der Waals surface area contributed by atoms with E-state index in [1.165, 1.54) is 19.1 Å². The van der Waals surface area contributed by atoms with Gasteiger partial charge in [-0.15, -0.1) is 11.3 Å². The van der Waals surface area contributed by atoms with E-state index in [1.54, 1.807) is 5.38 Å². The third-order valence-corrected chi connectivity index (χ3v) is 5.88. The van der Waals surface area contributed by atoms with Crippen molar-refractivity contribution in [2.45, 2.75) is 18.4 Å². The second-order valence-electron chi connectivity index (χ2n) is 5.70. The molecule has 0 bridgehead atoms. The average Bonchev–Trinajstić information content (AvgIpc) is 3.08. The minimum absolute atomic E-state index is 0.0389. The lowest BCUT2D eigenvalue weighted by Crippen LogP contribution is -2.18. The molecular weight excluding hydrogens is 389 g/mol. The fourth-order valence-electron chi connectivity index (χ4n) is 2.26. The SMILES string of the molecule is CC(=O)NCc1ccc(-c2csc(NS(=O)(=O)c3ccc(F)cc3)n2)cc1. The van der Waals surface area contributed by atoms with Gasteiger partial charge in [0.25, 0.3) is 10.0 Å². The maximum absolute atomic E-state index is 13.0. The first kappa shape index (κ1) is 19.0. The van der Waals surface area contributed by atoms with E-state index in [9.17, 15) is 17.6 Å². The molecule has 0 saturated carbocycles. The molecule has 6 nitrogen and oxygen atoms in total. The number of hydrogen-bond donors (Lipinski definition) is 2. The van der Waals surface area contributed by atoms with Gasteiger partial charge >= 0.3 is 0 Å². The Labute approximate surface area is 160 Å². The Balaban J connectivity index is 1.72. The number of carbonyl (C=O) groups is 1. The molecule has 0 unspecified atom stereocenters. The fourth-order valence-corrected chi connectivity index (χ4v) is 4.23. The summed E-state index contributed by atoms with van der Waals surface area (Å²) in [5, 5.41) is 4.68. The summed E-state index contributed by atoms with van der Waals surface area (Å²) in [7, 11) is -3.83. The Bertz CT molecular complexity index is 1050. The molecule has 0 saturated heterocycles. The van der Waals surface area contributed by atoms with Crippen molar-refractivity contribution in [2.75, 3.05) is 4.72 Å². The van der Waals surface area contributed by atoms with Gasteiger partial charge in [0.1, 0.15) is 5.82 Å². The van der Waals surface area contributed by atoms with Crippen molar-refractivity contribution < 1.29 is 17.6 Å². The first-order chi connectivity index (χ1) is 12.8. The van der Waals surface area contributed by atoms with Gasteiger partial charge in [-0.2, -0.15) is 0 Å². The van der Waals surface area contributed by atoms with Gasteiger partial charge in [-0.1, -0.05) is 24.3 Å². The molecule has 9 heteroatoms. The van der Waals surface area contributed by atoms with Crippen molar-refractivity contribution in [3.8, 4) is 11.3 Å². The van der Waals surface area contributed by atoms with Crippen molar-refractivity contribution in [1.82, 2.24) is 10.3 Å². The van der Waals surface area contributed by atoms with Crippen LogP contribution in [0.15, 0.2) is 58.8 Å². The van der Waals surface area contributed by atoms with E-state index < -0.39 is 15.8 Å². The summed E-state index contributed by atoms with van der Waals surface area (Å²) in [4.78, 5) is 15.2. The minimum atomic E-state index is -3.83. The van der Waals surface area contributed by atoms with E-state index in [4.69, 9.17) is 0 Å². The third kappa shape index (κ3) is 4.89. The standard InChI is InChI=1S/C18H16FN3O3S2/c1-12(23)20-10-13-2-4-14(5-3-13)17-11-26-18(21-17)22-27(24,25)16-8-6-15(19)7-9-16/h2-9,11H,10H2,1H3,(H,20,23)(H,21,22). The third-order valence-electron chi connectivity index (χ3n) is 3.64. The monoisotopic (exact) mass is 405 g/mol. The molecule has 0 spiro atoms. The second-order valence-corrected chi connectivity index (χ2v) is 8.24. The van der Waals surface area contributed by atoms with Gasteiger partial charge in [0.05, 0.1) is 10.6 Å². The summed E-state index contributed by atoms with van der Waals surface area (Å²) < 4.78 is 40.0. The van der Waals surface area contributed by atoms with Crippen LogP contribution in [-0.4, -0.2) is 19.3 Å². The molecule has 0 aliphatic carbocycles. The Morgan fingerprint density at radius 2 is 1.78 bits per heavy atom. The lowest BCUT2D eigenvalue weighted by Gasteiger charge is -2.05. The number of sulfonamides is 1. The molecule has 0 aliphatic heterocycles. The molecule has 1 heterocycles. The van der Waals surface area contributed by atoms with Crippen molar-refractivity contribution in [1.29, 1.82) is 0 Å². The predicted molar refractivity (Wildman–Crippen MR) is 102 cm³/mol. The van der Waals surface area contributed by atoms with Crippen molar-refractivity contribution in [3.05, 3.63) is 65.3 Å². The topological polar surface area (TPSA) is 88.2 Å². The first-order valence-electron chi connectivity index (χ1n) is 7.91. The van der Waals surface area contributed by atoms with E-state index in [1.807, 2.05) is 24.3 Å². The van der Waals surface area contributed by atoms with Crippen LogP contribution >= 0.6 is 11.3 Å². The number of benzene rings is 2. The lowest BCUT2D eigenvalue weighted by atomic mass is 10.1. The molecule has 2 N–H and O–H groups in total. The fraction of sp³-hybridized carbons (Fsp3) is 0.111. The van der Waals surface area contributed by atoms with E-state index >= 15 is 0 Å². The molecule has 1 amide bonds. The van der Waals surface area contributed by atoms with Crippen LogP contribution in [-0.2, 0) is 21.4 Å². The Hall–Kier alpha value is -2.78. The molecule has 0 atom stereocenters. The first-order valence-corrected chi connectivity index (χ1v) is 10.3. The van der Waals surface area contributed by atoms with Crippen LogP contribution < -0.4 is 10.0 Å². The highest BCUT2D eigenvalue weighted by Gasteiger charge is 2.16. The maximum atomic E-state index is 13.0. The molecule has 3 rings (SSSR count). The predicted octanol–water partition coefficient (Wildman–Crippen LogP) is 3.39. The molecular formula is C18H16FN3O3S2. The Morgan fingerprint density at radius 3 is 2.41 bits per heavy atom. The number of anilines is 1. The number of thiazole rings is 1. The highest BCUT2D eigenvalue weighted by atomic mass is 32.2.